The Hall–Kier alpha value is -3.18. The number of nitrogens with zero attached hydrogens (tertiary/aromatic N) is 1. The number of nitrogens with one attached hydrogen (secondary N) is 1. The summed E-state index contributed by atoms with van der Waals surface area (Å²) in [7, 11) is 0. The van der Waals surface area contributed by atoms with Gasteiger partial charge in [-0.2, -0.15) is 0 Å². The highest BCUT2D eigenvalue weighted by Gasteiger charge is 2.04. The number of halogens is 2. The SMILES string of the molecule is O=C(COc1ccc(C=Nc2ccc(Cl)cc2)cc1)Nc1ccc(F)cc1. The molecule has 0 unspecified atom stereocenters. The largest absolute Gasteiger partial charge is 0.484 e. The summed E-state index contributed by atoms with van der Waals surface area (Å²) in [6.07, 6.45) is 1.73. The Labute approximate surface area is 161 Å². The minimum absolute atomic E-state index is 0.143. The van der Waals surface area contributed by atoms with Gasteiger partial charge in [0.05, 0.1) is 5.69 Å². The zero-order valence-corrected chi connectivity index (χ0v) is 15.0. The molecule has 0 aliphatic carbocycles. The number of ether oxygens (including phenoxy) is 1. The van der Waals surface area contributed by atoms with Gasteiger partial charge in [0.15, 0.2) is 6.61 Å². The van der Waals surface area contributed by atoms with Crippen LogP contribution in [0, 0.1) is 5.82 Å². The fourth-order valence-corrected chi connectivity index (χ4v) is 2.33. The molecule has 0 saturated heterocycles. The van der Waals surface area contributed by atoms with Crippen molar-refractivity contribution in [1.29, 1.82) is 0 Å². The van der Waals surface area contributed by atoms with Gasteiger partial charge in [0, 0.05) is 16.9 Å². The summed E-state index contributed by atoms with van der Waals surface area (Å²) in [6.45, 7) is -0.143. The van der Waals surface area contributed by atoms with Gasteiger partial charge >= 0.3 is 0 Å². The highest BCUT2D eigenvalue weighted by Crippen LogP contribution is 2.17. The van der Waals surface area contributed by atoms with Crippen molar-refractivity contribution in [3.8, 4) is 5.75 Å². The third-order valence-electron chi connectivity index (χ3n) is 3.57. The van der Waals surface area contributed by atoms with E-state index in [0.717, 1.165) is 11.3 Å². The molecule has 1 amide bonds. The molecule has 1 N–H and O–H groups in total. The lowest BCUT2D eigenvalue weighted by Gasteiger charge is -2.07. The fraction of sp³-hybridized carbons (Fsp3) is 0.0476. The first kappa shape index (κ1) is 18.6. The number of hydrogen-bond donors (Lipinski definition) is 1. The van der Waals surface area contributed by atoms with Crippen LogP contribution in [0.3, 0.4) is 0 Å². The van der Waals surface area contributed by atoms with Crippen molar-refractivity contribution in [1.82, 2.24) is 0 Å². The van der Waals surface area contributed by atoms with E-state index in [-0.39, 0.29) is 18.3 Å². The van der Waals surface area contributed by atoms with E-state index in [4.69, 9.17) is 16.3 Å². The van der Waals surface area contributed by atoms with Crippen molar-refractivity contribution in [2.45, 2.75) is 0 Å². The van der Waals surface area contributed by atoms with Crippen molar-refractivity contribution < 1.29 is 13.9 Å². The number of carbonyl (C=O) groups is 1. The predicted octanol–water partition coefficient (Wildman–Crippen LogP) is 5.25. The molecule has 0 spiro atoms. The van der Waals surface area contributed by atoms with E-state index in [1.807, 2.05) is 24.3 Å². The number of aliphatic imine (C=N–C) groups is 1. The fourth-order valence-electron chi connectivity index (χ4n) is 2.21. The van der Waals surface area contributed by atoms with Crippen LogP contribution in [0.15, 0.2) is 77.8 Å². The zero-order valence-electron chi connectivity index (χ0n) is 14.2. The highest BCUT2D eigenvalue weighted by molar-refractivity contribution is 6.30. The Morgan fingerprint density at radius 2 is 1.67 bits per heavy atom. The predicted molar refractivity (Wildman–Crippen MR) is 106 cm³/mol. The van der Waals surface area contributed by atoms with E-state index < -0.39 is 0 Å². The Bertz CT molecular complexity index is 924. The lowest BCUT2D eigenvalue weighted by molar-refractivity contribution is -0.118. The second-order valence-electron chi connectivity index (χ2n) is 5.65. The van der Waals surface area contributed by atoms with Crippen molar-refractivity contribution >= 4 is 35.1 Å². The van der Waals surface area contributed by atoms with Gasteiger partial charge in [0.2, 0.25) is 0 Å². The Morgan fingerprint density at radius 1 is 1.00 bits per heavy atom. The maximum atomic E-state index is 12.8. The van der Waals surface area contributed by atoms with Crippen LogP contribution in [-0.4, -0.2) is 18.7 Å². The standard InChI is InChI=1S/C21H16ClFN2O2/c22-16-3-7-18(8-4-16)24-13-15-1-11-20(12-2-15)27-14-21(26)25-19-9-5-17(23)6-10-19/h1-13H,14H2,(H,25,26). The maximum Gasteiger partial charge on any atom is 0.262 e. The van der Waals surface area contributed by atoms with Gasteiger partial charge in [-0.25, -0.2) is 4.39 Å². The summed E-state index contributed by atoms with van der Waals surface area (Å²) in [4.78, 5) is 16.2. The van der Waals surface area contributed by atoms with E-state index in [1.165, 1.54) is 24.3 Å². The summed E-state index contributed by atoms with van der Waals surface area (Å²) in [5.74, 6) is -0.119. The van der Waals surface area contributed by atoms with Crippen molar-refractivity contribution in [3.05, 3.63) is 89.2 Å². The second-order valence-corrected chi connectivity index (χ2v) is 6.08. The molecule has 136 valence electrons. The van der Waals surface area contributed by atoms with E-state index in [1.54, 1.807) is 30.5 Å². The van der Waals surface area contributed by atoms with Crippen LogP contribution in [-0.2, 0) is 4.79 Å². The summed E-state index contributed by atoms with van der Waals surface area (Å²) in [6, 6.07) is 19.9. The molecular weight excluding hydrogens is 367 g/mol. The van der Waals surface area contributed by atoms with Gasteiger partial charge < -0.3 is 10.1 Å². The lowest BCUT2D eigenvalue weighted by atomic mass is 10.2. The number of hydrogen-bond acceptors (Lipinski definition) is 3. The van der Waals surface area contributed by atoms with Gasteiger partial charge in [-0.15, -0.1) is 0 Å². The number of benzene rings is 3. The number of rotatable bonds is 6. The highest BCUT2D eigenvalue weighted by atomic mass is 35.5. The molecule has 0 aromatic heterocycles. The first-order valence-corrected chi connectivity index (χ1v) is 8.54. The summed E-state index contributed by atoms with van der Waals surface area (Å²) < 4.78 is 18.3. The van der Waals surface area contributed by atoms with Crippen molar-refractivity contribution in [2.75, 3.05) is 11.9 Å². The molecule has 3 aromatic rings. The Morgan fingerprint density at radius 3 is 2.33 bits per heavy atom. The zero-order chi connectivity index (χ0) is 19.1. The van der Waals surface area contributed by atoms with Gasteiger partial charge in [0.25, 0.3) is 5.91 Å². The molecule has 0 aliphatic rings. The average molecular weight is 383 g/mol. The molecule has 0 heterocycles. The van der Waals surface area contributed by atoms with Gasteiger partial charge in [-0.1, -0.05) is 11.6 Å². The Balaban J connectivity index is 1.50. The third-order valence-corrected chi connectivity index (χ3v) is 3.82. The van der Waals surface area contributed by atoms with Gasteiger partial charge in [-0.05, 0) is 78.4 Å². The third kappa shape index (κ3) is 5.94. The first-order chi connectivity index (χ1) is 13.1. The molecule has 0 saturated carbocycles. The van der Waals surface area contributed by atoms with Crippen LogP contribution in [0.5, 0.6) is 5.75 Å². The molecule has 3 aromatic carbocycles. The van der Waals surface area contributed by atoms with E-state index in [9.17, 15) is 9.18 Å². The smallest absolute Gasteiger partial charge is 0.262 e. The second kappa shape index (κ2) is 8.96. The van der Waals surface area contributed by atoms with Crippen LogP contribution >= 0.6 is 11.6 Å². The molecule has 27 heavy (non-hydrogen) atoms. The van der Waals surface area contributed by atoms with E-state index in [0.29, 0.717) is 16.5 Å². The van der Waals surface area contributed by atoms with E-state index >= 15 is 0 Å². The molecule has 0 radical (unpaired) electrons. The molecular formula is C21H16ClFN2O2. The molecule has 0 aliphatic heterocycles. The Kier molecular flexibility index (Phi) is 6.18. The van der Waals surface area contributed by atoms with Crippen molar-refractivity contribution in [2.24, 2.45) is 4.99 Å². The first-order valence-electron chi connectivity index (χ1n) is 8.16. The summed E-state index contributed by atoms with van der Waals surface area (Å²) >= 11 is 5.84. The van der Waals surface area contributed by atoms with Crippen molar-refractivity contribution in [3.63, 3.8) is 0 Å². The lowest BCUT2D eigenvalue weighted by Crippen LogP contribution is -2.20. The van der Waals surface area contributed by atoms with Crippen LogP contribution in [0.2, 0.25) is 5.02 Å². The monoisotopic (exact) mass is 382 g/mol. The number of anilines is 1. The summed E-state index contributed by atoms with van der Waals surface area (Å²) in [5.41, 5.74) is 2.21. The number of carbonyl (C=O) groups excluding carboxylic acids is 1. The molecule has 4 nitrogen and oxygen atoms in total. The van der Waals surface area contributed by atoms with Crippen LogP contribution < -0.4 is 10.1 Å². The normalized spacial score (nSPS) is 10.7. The van der Waals surface area contributed by atoms with Crippen LogP contribution in [0.1, 0.15) is 5.56 Å². The van der Waals surface area contributed by atoms with Crippen LogP contribution in [0.4, 0.5) is 15.8 Å². The minimum Gasteiger partial charge on any atom is -0.484 e. The molecule has 0 fully saturated rings. The molecule has 0 bridgehead atoms. The average Bonchev–Trinajstić information content (AvgIpc) is 2.68. The van der Waals surface area contributed by atoms with E-state index in [2.05, 4.69) is 10.3 Å². The minimum atomic E-state index is -0.357. The van der Waals surface area contributed by atoms with Gasteiger partial charge in [-0.3, -0.25) is 9.79 Å². The maximum absolute atomic E-state index is 12.8. The molecule has 6 heteroatoms. The molecule has 3 rings (SSSR count). The quantitative estimate of drug-likeness (QED) is 0.592. The van der Waals surface area contributed by atoms with Crippen LogP contribution in [0.25, 0.3) is 0 Å². The van der Waals surface area contributed by atoms with Gasteiger partial charge in [0.1, 0.15) is 11.6 Å². The topological polar surface area (TPSA) is 50.7 Å². The summed E-state index contributed by atoms with van der Waals surface area (Å²) in [5, 5.41) is 3.30. The molecule has 0 atom stereocenters. The number of amides is 1.